The average molecular weight is 257 g/mol. The first-order valence-corrected chi connectivity index (χ1v) is 5.94. The van der Waals surface area contributed by atoms with Gasteiger partial charge in [-0.05, 0) is 25.5 Å². The maximum absolute atomic E-state index is 11.8. The molecule has 5 heteroatoms. The Balaban J connectivity index is 2.44. The summed E-state index contributed by atoms with van der Waals surface area (Å²) in [4.78, 5) is 11.8. The molecule has 0 aromatic heterocycles. The lowest BCUT2D eigenvalue weighted by atomic mass is 10.1. The van der Waals surface area contributed by atoms with Crippen LogP contribution in [0.1, 0.15) is 23.7 Å². The summed E-state index contributed by atoms with van der Waals surface area (Å²) in [7, 11) is 0. The van der Waals surface area contributed by atoms with Crippen molar-refractivity contribution in [2.45, 2.75) is 13.3 Å². The SMILES string of the molecule is CCOCCCNC(=O)c1cccc(Cl)c1N. The number of rotatable bonds is 6. The standard InChI is InChI=1S/C12H17ClN2O2/c1-2-17-8-4-7-15-12(16)9-5-3-6-10(13)11(9)14/h3,5-6H,2,4,7-8,14H2,1H3,(H,15,16). The number of carbonyl (C=O) groups excluding carboxylic acids is 1. The number of benzene rings is 1. The smallest absolute Gasteiger partial charge is 0.253 e. The van der Waals surface area contributed by atoms with Gasteiger partial charge in [-0.1, -0.05) is 17.7 Å². The first-order valence-electron chi connectivity index (χ1n) is 5.56. The summed E-state index contributed by atoms with van der Waals surface area (Å²) in [6.45, 7) is 3.83. The Morgan fingerprint density at radius 2 is 2.29 bits per heavy atom. The van der Waals surface area contributed by atoms with Crippen LogP contribution in [0.5, 0.6) is 0 Å². The first kappa shape index (κ1) is 13.8. The number of amides is 1. The molecule has 0 fully saturated rings. The average Bonchev–Trinajstić information content (AvgIpc) is 2.32. The molecule has 0 aliphatic rings. The highest BCUT2D eigenvalue weighted by molar-refractivity contribution is 6.33. The van der Waals surface area contributed by atoms with Crippen LogP contribution in [0.25, 0.3) is 0 Å². The highest BCUT2D eigenvalue weighted by Gasteiger charge is 2.10. The van der Waals surface area contributed by atoms with Crippen molar-refractivity contribution in [3.05, 3.63) is 28.8 Å². The number of hydrogen-bond acceptors (Lipinski definition) is 3. The molecule has 0 aliphatic heterocycles. The van der Waals surface area contributed by atoms with Crippen LogP contribution in [0.2, 0.25) is 5.02 Å². The summed E-state index contributed by atoms with van der Waals surface area (Å²) in [6, 6.07) is 5.01. The van der Waals surface area contributed by atoms with E-state index in [9.17, 15) is 4.79 Å². The highest BCUT2D eigenvalue weighted by Crippen LogP contribution is 2.21. The van der Waals surface area contributed by atoms with E-state index < -0.39 is 0 Å². The summed E-state index contributed by atoms with van der Waals surface area (Å²) >= 11 is 5.84. The lowest BCUT2D eigenvalue weighted by Crippen LogP contribution is -2.26. The molecule has 94 valence electrons. The molecule has 0 bridgehead atoms. The van der Waals surface area contributed by atoms with Crippen molar-refractivity contribution >= 4 is 23.2 Å². The minimum absolute atomic E-state index is 0.207. The van der Waals surface area contributed by atoms with Crippen LogP contribution in [0, 0.1) is 0 Å². The van der Waals surface area contributed by atoms with Crippen molar-refractivity contribution in [2.24, 2.45) is 0 Å². The molecule has 0 heterocycles. The van der Waals surface area contributed by atoms with Crippen LogP contribution in [0.3, 0.4) is 0 Å². The Hall–Kier alpha value is -1.26. The summed E-state index contributed by atoms with van der Waals surface area (Å²) in [5.74, 6) is -0.207. The molecule has 17 heavy (non-hydrogen) atoms. The molecule has 3 N–H and O–H groups in total. The number of hydrogen-bond donors (Lipinski definition) is 2. The number of halogens is 1. The van der Waals surface area contributed by atoms with Crippen molar-refractivity contribution in [3.8, 4) is 0 Å². The molecule has 1 rings (SSSR count). The van der Waals surface area contributed by atoms with E-state index in [4.69, 9.17) is 22.1 Å². The Kier molecular flexibility index (Phi) is 5.80. The number of anilines is 1. The van der Waals surface area contributed by atoms with Crippen LogP contribution in [0.15, 0.2) is 18.2 Å². The van der Waals surface area contributed by atoms with Crippen molar-refractivity contribution in [3.63, 3.8) is 0 Å². The van der Waals surface area contributed by atoms with E-state index in [1.54, 1.807) is 18.2 Å². The van der Waals surface area contributed by atoms with Gasteiger partial charge in [0.1, 0.15) is 0 Å². The van der Waals surface area contributed by atoms with E-state index in [0.717, 1.165) is 6.42 Å². The molecule has 0 saturated heterocycles. The molecule has 0 saturated carbocycles. The van der Waals surface area contributed by atoms with Gasteiger partial charge >= 0.3 is 0 Å². The maximum Gasteiger partial charge on any atom is 0.253 e. The third-order valence-electron chi connectivity index (χ3n) is 2.25. The maximum atomic E-state index is 11.8. The summed E-state index contributed by atoms with van der Waals surface area (Å²) in [5.41, 5.74) is 6.45. The number of nitrogens with one attached hydrogen (secondary N) is 1. The largest absolute Gasteiger partial charge is 0.397 e. The molecule has 1 amide bonds. The van der Waals surface area contributed by atoms with Gasteiger partial charge in [-0.25, -0.2) is 0 Å². The molecule has 1 aromatic carbocycles. The van der Waals surface area contributed by atoms with Crippen LogP contribution in [-0.2, 0) is 4.74 Å². The van der Waals surface area contributed by atoms with E-state index in [0.29, 0.717) is 36.0 Å². The zero-order chi connectivity index (χ0) is 12.7. The van der Waals surface area contributed by atoms with Gasteiger partial charge < -0.3 is 15.8 Å². The van der Waals surface area contributed by atoms with Crippen molar-refractivity contribution < 1.29 is 9.53 Å². The Morgan fingerprint density at radius 3 is 3.00 bits per heavy atom. The number of nitrogen functional groups attached to an aromatic ring is 1. The van der Waals surface area contributed by atoms with Gasteiger partial charge in [-0.15, -0.1) is 0 Å². The summed E-state index contributed by atoms with van der Waals surface area (Å²) in [6.07, 6.45) is 0.778. The predicted octanol–water partition coefficient (Wildman–Crippen LogP) is 2.08. The quantitative estimate of drug-likeness (QED) is 0.605. The van der Waals surface area contributed by atoms with E-state index in [-0.39, 0.29) is 5.91 Å². The third kappa shape index (κ3) is 4.24. The van der Waals surface area contributed by atoms with Gasteiger partial charge in [0.15, 0.2) is 0 Å². The van der Waals surface area contributed by atoms with E-state index >= 15 is 0 Å². The van der Waals surface area contributed by atoms with Gasteiger partial charge in [0.2, 0.25) is 0 Å². The van der Waals surface area contributed by atoms with Gasteiger partial charge in [0, 0.05) is 19.8 Å². The molecular weight excluding hydrogens is 240 g/mol. The summed E-state index contributed by atoms with van der Waals surface area (Å²) < 4.78 is 5.17. The van der Waals surface area contributed by atoms with Crippen molar-refractivity contribution in [1.82, 2.24) is 5.32 Å². The third-order valence-corrected chi connectivity index (χ3v) is 2.58. The van der Waals surface area contributed by atoms with Gasteiger partial charge in [-0.3, -0.25) is 4.79 Å². The second-order valence-electron chi connectivity index (χ2n) is 3.51. The first-order chi connectivity index (χ1) is 8.16. The van der Waals surface area contributed by atoms with Crippen molar-refractivity contribution in [2.75, 3.05) is 25.5 Å². The van der Waals surface area contributed by atoms with Gasteiger partial charge in [0.05, 0.1) is 16.3 Å². The minimum Gasteiger partial charge on any atom is -0.397 e. The zero-order valence-corrected chi connectivity index (χ0v) is 10.6. The molecule has 4 nitrogen and oxygen atoms in total. The predicted molar refractivity (Wildman–Crippen MR) is 69.3 cm³/mol. The molecule has 1 aromatic rings. The fraction of sp³-hybridized carbons (Fsp3) is 0.417. The monoisotopic (exact) mass is 256 g/mol. The van der Waals surface area contributed by atoms with Crippen LogP contribution in [0.4, 0.5) is 5.69 Å². The van der Waals surface area contributed by atoms with Crippen LogP contribution in [-0.4, -0.2) is 25.7 Å². The number of ether oxygens (including phenoxy) is 1. The lowest BCUT2D eigenvalue weighted by molar-refractivity contribution is 0.0945. The highest BCUT2D eigenvalue weighted by atomic mass is 35.5. The topological polar surface area (TPSA) is 64.3 Å². The number of para-hydroxylation sites is 1. The normalized spacial score (nSPS) is 10.2. The fourth-order valence-electron chi connectivity index (χ4n) is 1.35. The number of nitrogens with two attached hydrogens (primary N) is 1. The minimum atomic E-state index is -0.207. The summed E-state index contributed by atoms with van der Waals surface area (Å²) in [5, 5.41) is 3.16. The van der Waals surface area contributed by atoms with Gasteiger partial charge in [-0.2, -0.15) is 0 Å². The van der Waals surface area contributed by atoms with Gasteiger partial charge in [0.25, 0.3) is 5.91 Å². The van der Waals surface area contributed by atoms with Crippen molar-refractivity contribution in [1.29, 1.82) is 0 Å². The molecule has 0 unspecified atom stereocenters. The van der Waals surface area contributed by atoms with E-state index in [1.807, 2.05) is 6.92 Å². The molecule has 0 radical (unpaired) electrons. The van der Waals surface area contributed by atoms with E-state index in [1.165, 1.54) is 0 Å². The lowest BCUT2D eigenvalue weighted by Gasteiger charge is -2.08. The molecule has 0 aliphatic carbocycles. The Bertz CT molecular complexity index is 383. The number of carbonyl (C=O) groups is 1. The second kappa shape index (κ2) is 7.14. The zero-order valence-electron chi connectivity index (χ0n) is 9.83. The van der Waals surface area contributed by atoms with Crippen LogP contribution >= 0.6 is 11.6 Å². The van der Waals surface area contributed by atoms with E-state index in [2.05, 4.69) is 5.32 Å². The molecular formula is C12H17ClN2O2. The molecule has 0 atom stereocenters. The molecule has 0 spiro atoms. The van der Waals surface area contributed by atoms with Crippen LogP contribution < -0.4 is 11.1 Å². The fourth-order valence-corrected chi connectivity index (χ4v) is 1.53. The Morgan fingerprint density at radius 1 is 1.53 bits per heavy atom. The second-order valence-corrected chi connectivity index (χ2v) is 3.91. The Labute approximate surface area is 106 Å².